The quantitative estimate of drug-likeness (QED) is 0.750. The third-order valence-electron chi connectivity index (χ3n) is 3.94. The van der Waals surface area contributed by atoms with Crippen molar-refractivity contribution in [2.45, 2.75) is 11.1 Å². The lowest BCUT2D eigenvalue weighted by Gasteiger charge is -2.30. The van der Waals surface area contributed by atoms with Crippen LogP contribution in [0.4, 0.5) is 0 Å². The van der Waals surface area contributed by atoms with Gasteiger partial charge < -0.3 is 9.64 Å². The Balaban J connectivity index is 1.85. The van der Waals surface area contributed by atoms with Crippen molar-refractivity contribution in [2.75, 3.05) is 26.3 Å². The van der Waals surface area contributed by atoms with E-state index in [0.717, 1.165) is 0 Å². The number of rotatable bonds is 2. The molecule has 2 aliphatic heterocycles. The van der Waals surface area contributed by atoms with E-state index >= 15 is 0 Å². The Morgan fingerprint density at radius 1 is 1.29 bits per heavy atom. The van der Waals surface area contributed by atoms with E-state index in [4.69, 9.17) is 4.74 Å². The molecule has 112 valence electrons. The van der Waals surface area contributed by atoms with Crippen LogP contribution in [0.1, 0.15) is 12.5 Å². The predicted molar refractivity (Wildman–Crippen MR) is 90.2 cm³/mol. The third-order valence-corrected chi connectivity index (χ3v) is 6.32. The second kappa shape index (κ2) is 6.55. The fourth-order valence-corrected chi connectivity index (χ4v) is 5.22. The Kier molecular flexibility index (Phi) is 4.72. The molecule has 1 amide bonds. The summed E-state index contributed by atoms with van der Waals surface area (Å²) in [5, 5.41) is 0. The highest BCUT2D eigenvalue weighted by Crippen LogP contribution is 2.50. The van der Waals surface area contributed by atoms with Gasteiger partial charge in [-0.05, 0) is 18.1 Å². The number of carbonyl (C=O) groups is 1. The normalized spacial score (nSPS) is 26.3. The number of thioether (sulfide) groups is 1. The van der Waals surface area contributed by atoms with Crippen LogP contribution in [0.2, 0.25) is 0 Å². The molecule has 21 heavy (non-hydrogen) atoms. The van der Waals surface area contributed by atoms with Gasteiger partial charge in [-0.3, -0.25) is 4.79 Å². The number of hydrogen-bond acceptors (Lipinski definition) is 3. The lowest BCUT2D eigenvalue weighted by atomic mass is 9.98. The number of morpholine rings is 1. The van der Waals surface area contributed by atoms with Crippen molar-refractivity contribution in [3.8, 4) is 0 Å². The van der Waals surface area contributed by atoms with Crippen LogP contribution < -0.4 is 0 Å². The summed E-state index contributed by atoms with van der Waals surface area (Å²) in [5.41, 5.74) is 2.37. The molecule has 0 N–H and O–H groups in total. The summed E-state index contributed by atoms with van der Waals surface area (Å²) >= 11 is 5.44. The first-order valence-corrected chi connectivity index (χ1v) is 8.91. The molecule has 1 aromatic carbocycles. The van der Waals surface area contributed by atoms with Crippen molar-refractivity contribution in [3.63, 3.8) is 0 Å². The van der Waals surface area contributed by atoms with Crippen LogP contribution in [-0.2, 0) is 9.53 Å². The summed E-state index contributed by atoms with van der Waals surface area (Å²) in [6, 6.07) is 10.3. The number of carbonyl (C=O) groups excluding carboxylic acids is 1. The lowest BCUT2D eigenvalue weighted by Crippen LogP contribution is -2.45. The van der Waals surface area contributed by atoms with Gasteiger partial charge in [0, 0.05) is 18.0 Å². The number of benzene rings is 1. The second-order valence-electron chi connectivity index (χ2n) is 5.26. The predicted octanol–water partition coefficient (Wildman–Crippen LogP) is 3.36. The molecular formula is C16H18BrNO2S. The number of hydrogen-bond donors (Lipinski definition) is 0. The van der Waals surface area contributed by atoms with E-state index in [1.165, 1.54) is 16.0 Å². The van der Waals surface area contributed by atoms with Gasteiger partial charge in [0.15, 0.2) is 0 Å². The standard InChI is InChI=1S/C16H18BrNO2S/c1-11-13(16(19)18-7-9-20-10-8-18)15(17)21-14(11)12-5-3-2-4-6-12/h2-6,13,15H,7-10H2,1H3. The van der Waals surface area contributed by atoms with E-state index in [1.54, 1.807) is 11.8 Å². The van der Waals surface area contributed by atoms with Crippen LogP contribution in [0.3, 0.4) is 0 Å². The molecule has 3 nitrogen and oxygen atoms in total. The molecule has 1 saturated heterocycles. The Morgan fingerprint density at radius 2 is 1.95 bits per heavy atom. The molecule has 2 atom stereocenters. The first kappa shape index (κ1) is 15.1. The van der Waals surface area contributed by atoms with Crippen molar-refractivity contribution < 1.29 is 9.53 Å². The van der Waals surface area contributed by atoms with Gasteiger partial charge in [-0.2, -0.15) is 0 Å². The monoisotopic (exact) mass is 367 g/mol. The maximum Gasteiger partial charge on any atom is 0.231 e. The SMILES string of the molecule is CC1=C(c2ccccc2)SC(Br)C1C(=O)N1CCOCC1. The van der Waals surface area contributed by atoms with E-state index in [9.17, 15) is 4.79 Å². The Bertz CT molecular complexity index is 555. The minimum absolute atomic E-state index is 0.0803. The number of alkyl halides is 1. The Hall–Kier alpha value is -0.780. The van der Waals surface area contributed by atoms with Crippen LogP contribution in [0.5, 0.6) is 0 Å². The maximum absolute atomic E-state index is 12.8. The summed E-state index contributed by atoms with van der Waals surface area (Å²) in [6.45, 7) is 4.78. The minimum atomic E-state index is -0.0803. The molecule has 2 aliphatic rings. The molecule has 1 fully saturated rings. The third kappa shape index (κ3) is 3.05. The molecular weight excluding hydrogens is 350 g/mol. The number of nitrogens with zero attached hydrogens (tertiary/aromatic N) is 1. The Labute approximate surface area is 137 Å². The molecule has 0 spiro atoms. The topological polar surface area (TPSA) is 29.5 Å². The van der Waals surface area contributed by atoms with Crippen LogP contribution in [0.25, 0.3) is 4.91 Å². The van der Waals surface area contributed by atoms with E-state index < -0.39 is 0 Å². The van der Waals surface area contributed by atoms with Gasteiger partial charge >= 0.3 is 0 Å². The van der Waals surface area contributed by atoms with Crippen molar-refractivity contribution in [1.29, 1.82) is 0 Å². The van der Waals surface area contributed by atoms with E-state index in [0.29, 0.717) is 26.3 Å². The smallest absolute Gasteiger partial charge is 0.231 e. The van der Waals surface area contributed by atoms with E-state index in [-0.39, 0.29) is 16.0 Å². The second-order valence-corrected chi connectivity index (χ2v) is 8.01. The molecule has 0 bridgehead atoms. The molecule has 0 radical (unpaired) electrons. The highest BCUT2D eigenvalue weighted by molar-refractivity contribution is 9.11. The molecule has 0 aliphatic carbocycles. The largest absolute Gasteiger partial charge is 0.378 e. The average molecular weight is 368 g/mol. The lowest BCUT2D eigenvalue weighted by molar-refractivity contribution is -0.137. The summed E-state index contributed by atoms with van der Waals surface area (Å²) in [4.78, 5) is 15.9. The van der Waals surface area contributed by atoms with Crippen LogP contribution >= 0.6 is 27.7 Å². The zero-order valence-corrected chi connectivity index (χ0v) is 14.3. The summed E-state index contributed by atoms with van der Waals surface area (Å²) < 4.78 is 5.45. The number of amides is 1. The number of ether oxygens (including phenoxy) is 1. The fourth-order valence-electron chi connectivity index (χ4n) is 2.77. The molecule has 2 heterocycles. The van der Waals surface area contributed by atoms with Crippen LogP contribution in [0, 0.1) is 5.92 Å². The van der Waals surface area contributed by atoms with Gasteiger partial charge in [-0.25, -0.2) is 0 Å². The number of halogens is 1. The Morgan fingerprint density at radius 3 is 2.62 bits per heavy atom. The van der Waals surface area contributed by atoms with Gasteiger partial charge in [0.2, 0.25) is 5.91 Å². The van der Waals surface area contributed by atoms with E-state index in [1.807, 2.05) is 23.1 Å². The highest BCUT2D eigenvalue weighted by atomic mass is 79.9. The molecule has 0 aromatic heterocycles. The van der Waals surface area contributed by atoms with E-state index in [2.05, 4.69) is 35.0 Å². The molecule has 3 rings (SSSR count). The highest BCUT2D eigenvalue weighted by Gasteiger charge is 2.39. The van der Waals surface area contributed by atoms with Crippen molar-refractivity contribution >= 4 is 38.5 Å². The van der Waals surface area contributed by atoms with Gasteiger partial charge in [0.1, 0.15) is 0 Å². The minimum Gasteiger partial charge on any atom is -0.378 e. The zero-order chi connectivity index (χ0) is 14.8. The first-order chi connectivity index (χ1) is 10.2. The average Bonchev–Trinajstić information content (AvgIpc) is 2.83. The maximum atomic E-state index is 12.8. The van der Waals surface area contributed by atoms with Gasteiger partial charge in [0.05, 0.1) is 23.3 Å². The van der Waals surface area contributed by atoms with Crippen LogP contribution in [-0.4, -0.2) is 41.3 Å². The van der Waals surface area contributed by atoms with Crippen LogP contribution in [0.15, 0.2) is 35.9 Å². The molecule has 1 aromatic rings. The molecule has 5 heteroatoms. The summed E-state index contributed by atoms with van der Waals surface area (Å²) in [5.74, 6) is 0.138. The summed E-state index contributed by atoms with van der Waals surface area (Å²) in [7, 11) is 0. The van der Waals surface area contributed by atoms with Crippen molar-refractivity contribution in [3.05, 3.63) is 41.5 Å². The molecule has 2 unspecified atom stereocenters. The zero-order valence-electron chi connectivity index (χ0n) is 11.9. The molecule has 0 saturated carbocycles. The van der Waals surface area contributed by atoms with Crippen molar-refractivity contribution in [1.82, 2.24) is 4.90 Å². The van der Waals surface area contributed by atoms with Gasteiger partial charge in [-0.15, -0.1) is 11.8 Å². The fraction of sp³-hybridized carbons (Fsp3) is 0.438. The first-order valence-electron chi connectivity index (χ1n) is 7.12. The van der Waals surface area contributed by atoms with Gasteiger partial charge in [-0.1, -0.05) is 46.3 Å². The summed E-state index contributed by atoms with van der Waals surface area (Å²) in [6.07, 6.45) is 0. The van der Waals surface area contributed by atoms with Gasteiger partial charge in [0.25, 0.3) is 0 Å². The van der Waals surface area contributed by atoms with Crippen molar-refractivity contribution in [2.24, 2.45) is 5.92 Å².